The molecule has 3 aromatic rings. The molecule has 0 unspecified atom stereocenters. The molecule has 4 N–H and O–H groups in total. The summed E-state index contributed by atoms with van der Waals surface area (Å²) in [6.45, 7) is 8.02. The van der Waals surface area contributed by atoms with Crippen molar-refractivity contribution in [3.63, 3.8) is 0 Å². The van der Waals surface area contributed by atoms with Gasteiger partial charge in [-0.05, 0) is 39.8 Å². The lowest BCUT2D eigenvalue weighted by Gasteiger charge is -2.11. The molecule has 0 aliphatic heterocycles. The summed E-state index contributed by atoms with van der Waals surface area (Å²) in [5, 5.41) is 26.8. The lowest BCUT2D eigenvalue weighted by atomic mass is 10.0. The molecule has 0 bridgehead atoms. The highest BCUT2D eigenvalue weighted by molar-refractivity contribution is 5.98. The number of aromatic nitrogens is 1. The van der Waals surface area contributed by atoms with Crippen LogP contribution in [0.3, 0.4) is 0 Å². The molecular weight excluding hydrogens is 362 g/mol. The standard InChI is InChI=1S/C23H27N5O/c1-14(2)26-22(24)18-9-5-7-16(11-18)20-13-21(29-28-20)17-8-6-10-19(12-17)23(25)27-15(3)4/h5-15H,1-4H3,(H2,24,26)(H2,25,27). The Labute approximate surface area is 171 Å². The molecule has 3 rings (SSSR count). The second-order valence-corrected chi connectivity index (χ2v) is 7.59. The van der Waals surface area contributed by atoms with Crippen LogP contribution in [-0.4, -0.2) is 28.9 Å². The quantitative estimate of drug-likeness (QED) is 0.364. The van der Waals surface area contributed by atoms with E-state index in [1.165, 1.54) is 0 Å². The van der Waals surface area contributed by atoms with Crippen LogP contribution in [0.2, 0.25) is 0 Å². The molecule has 0 aliphatic carbocycles. The third kappa shape index (κ3) is 5.10. The lowest BCUT2D eigenvalue weighted by molar-refractivity contribution is 0.435. The second-order valence-electron chi connectivity index (χ2n) is 7.59. The predicted molar refractivity (Wildman–Crippen MR) is 118 cm³/mol. The van der Waals surface area contributed by atoms with Crippen molar-refractivity contribution in [2.45, 2.75) is 39.8 Å². The average molecular weight is 390 g/mol. The molecule has 0 saturated carbocycles. The van der Waals surface area contributed by atoms with Crippen molar-refractivity contribution in [1.82, 2.24) is 15.8 Å². The van der Waals surface area contributed by atoms with E-state index in [4.69, 9.17) is 15.3 Å². The maximum absolute atomic E-state index is 8.19. The summed E-state index contributed by atoms with van der Waals surface area (Å²) in [6.07, 6.45) is 0. The van der Waals surface area contributed by atoms with E-state index in [9.17, 15) is 0 Å². The van der Waals surface area contributed by atoms with Crippen molar-refractivity contribution in [3.05, 3.63) is 65.7 Å². The molecule has 0 spiro atoms. The minimum atomic E-state index is 0.194. The van der Waals surface area contributed by atoms with E-state index in [0.717, 1.165) is 22.3 Å². The maximum Gasteiger partial charge on any atom is 0.167 e. The zero-order valence-electron chi connectivity index (χ0n) is 17.2. The third-order valence-electron chi connectivity index (χ3n) is 4.26. The number of nitrogens with zero attached hydrogens (tertiary/aromatic N) is 1. The summed E-state index contributed by atoms with van der Waals surface area (Å²) in [4.78, 5) is 0. The summed E-state index contributed by atoms with van der Waals surface area (Å²) < 4.78 is 5.58. The first-order valence-electron chi connectivity index (χ1n) is 9.72. The van der Waals surface area contributed by atoms with Gasteiger partial charge in [-0.25, -0.2) is 0 Å². The van der Waals surface area contributed by atoms with Crippen LogP contribution in [-0.2, 0) is 0 Å². The number of hydrogen-bond donors (Lipinski definition) is 4. The fraction of sp³-hybridized carbons (Fsp3) is 0.261. The van der Waals surface area contributed by atoms with Crippen LogP contribution in [0.4, 0.5) is 0 Å². The molecular formula is C23H27N5O. The van der Waals surface area contributed by atoms with E-state index >= 15 is 0 Å². The first-order valence-corrected chi connectivity index (χ1v) is 9.72. The smallest absolute Gasteiger partial charge is 0.167 e. The third-order valence-corrected chi connectivity index (χ3v) is 4.26. The molecule has 150 valence electrons. The summed E-state index contributed by atoms with van der Waals surface area (Å²) in [5.41, 5.74) is 4.06. The van der Waals surface area contributed by atoms with Crippen LogP contribution in [0, 0.1) is 10.8 Å². The van der Waals surface area contributed by atoms with Crippen LogP contribution in [0.5, 0.6) is 0 Å². The first-order chi connectivity index (χ1) is 13.8. The maximum atomic E-state index is 8.19. The lowest BCUT2D eigenvalue weighted by Crippen LogP contribution is -2.30. The van der Waals surface area contributed by atoms with Gasteiger partial charge in [0.15, 0.2) is 5.76 Å². The van der Waals surface area contributed by atoms with Gasteiger partial charge in [-0.15, -0.1) is 0 Å². The minimum absolute atomic E-state index is 0.194. The zero-order chi connectivity index (χ0) is 21.0. The van der Waals surface area contributed by atoms with E-state index < -0.39 is 0 Å². The molecule has 0 atom stereocenters. The molecule has 2 aromatic carbocycles. The molecule has 6 heteroatoms. The highest BCUT2D eigenvalue weighted by Gasteiger charge is 2.12. The normalized spacial score (nSPS) is 11.0. The van der Waals surface area contributed by atoms with Crippen LogP contribution in [0.1, 0.15) is 38.8 Å². The van der Waals surface area contributed by atoms with E-state index in [2.05, 4.69) is 15.8 Å². The van der Waals surface area contributed by atoms with E-state index in [1.807, 2.05) is 82.3 Å². The van der Waals surface area contributed by atoms with Gasteiger partial charge >= 0.3 is 0 Å². The van der Waals surface area contributed by atoms with Crippen LogP contribution < -0.4 is 10.6 Å². The van der Waals surface area contributed by atoms with Crippen molar-refractivity contribution < 1.29 is 4.52 Å². The molecule has 29 heavy (non-hydrogen) atoms. The highest BCUT2D eigenvalue weighted by atomic mass is 16.5. The van der Waals surface area contributed by atoms with Gasteiger partial charge in [-0.3, -0.25) is 10.8 Å². The van der Waals surface area contributed by atoms with Crippen molar-refractivity contribution in [2.24, 2.45) is 0 Å². The summed E-state index contributed by atoms with van der Waals surface area (Å²) >= 11 is 0. The van der Waals surface area contributed by atoms with E-state index in [1.54, 1.807) is 0 Å². The first kappa shape index (κ1) is 20.3. The van der Waals surface area contributed by atoms with Gasteiger partial charge in [0.05, 0.1) is 0 Å². The molecule has 1 heterocycles. The molecule has 0 fully saturated rings. The molecule has 0 amide bonds. The molecule has 6 nitrogen and oxygen atoms in total. The van der Waals surface area contributed by atoms with Crippen LogP contribution in [0.15, 0.2) is 59.1 Å². The Hall–Kier alpha value is -3.41. The zero-order valence-corrected chi connectivity index (χ0v) is 17.2. The summed E-state index contributed by atoms with van der Waals surface area (Å²) in [6, 6.07) is 17.6. The molecule has 0 aliphatic rings. The van der Waals surface area contributed by atoms with Gasteiger partial charge in [-0.1, -0.05) is 41.6 Å². The minimum Gasteiger partial charge on any atom is -0.368 e. The number of amidine groups is 2. The van der Waals surface area contributed by atoms with E-state index in [0.29, 0.717) is 23.1 Å². The summed E-state index contributed by atoms with van der Waals surface area (Å²) in [7, 11) is 0. The Kier molecular flexibility index (Phi) is 6.12. The molecule has 1 aromatic heterocycles. The highest BCUT2D eigenvalue weighted by Crippen LogP contribution is 2.27. The Morgan fingerprint density at radius 3 is 1.86 bits per heavy atom. The van der Waals surface area contributed by atoms with Gasteiger partial charge in [0.1, 0.15) is 17.4 Å². The van der Waals surface area contributed by atoms with Gasteiger partial charge in [0, 0.05) is 40.4 Å². The summed E-state index contributed by atoms with van der Waals surface area (Å²) in [5.74, 6) is 1.40. The van der Waals surface area contributed by atoms with Crippen molar-refractivity contribution in [1.29, 1.82) is 10.8 Å². The van der Waals surface area contributed by atoms with Crippen molar-refractivity contribution in [2.75, 3.05) is 0 Å². The largest absolute Gasteiger partial charge is 0.368 e. The van der Waals surface area contributed by atoms with Crippen molar-refractivity contribution >= 4 is 11.7 Å². The fourth-order valence-electron chi connectivity index (χ4n) is 2.95. The second kappa shape index (κ2) is 8.73. The van der Waals surface area contributed by atoms with Crippen LogP contribution in [0.25, 0.3) is 22.6 Å². The SMILES string of the molecule is CC(C)NC(=N)c1cccc(-c2cc(-c3cccc(C(=N)NC(C)C)c3)on2)c1. The van der Waals surface area contributed by atoms with Gasteiger partial charge in [-0.2, -0.15) is 0 Å². The average Bonchev–Trinajstić information content (AvgIpc) is 3.17. The number of hydrogen-bond acceptors (Lipinski definition) is 4. The van der Waals surface area contributed by atoms with E-state index in [-0.39, 0.29) is 12.1 Å². The predicted octanol–water partition coefficient (Wildman–Crippen LogP) is 4.66. The number of nitrogens with one attached hydrogen (secondary N) is 4. The van der Waals surface area contributed by atoms with Crippen LogP contribution >= 0.6 is 0 Å². The van der Waals surface area contributed by atoms with Crippen molar-refractivity contribution in [3.8, 4) is 22.6 Å². The van der Waals surface area contributed by atoms with Gasteiger partial charge < -0.3 is 15.2 Å². The van der Waals surface area contributed by atoms with Gasteiger partial charge in [0.2, 0.25) is 0 Å². The fourth-order valence-corrected chi connectivity index (χ4v) is 2.95. The monoisotopic (exact) mass is 389 g/mol. The Balaban J connectivity index is 1.85. The number of benzene rings is 2. The molecule has 0 saturated heterocycles. The number of rotatable bonds is 6. The molecule has 0 radical (unpaired) electrons. The Bertz CT molecular complexity index is 939. The van der Waals surface area contributed by atoms with Gasteiger partial charge in [0.25, 0.3) is 0 Å². The Morgan fingerprint density at radius 1 is 0.793 bits per heavy atom. The topological polar surface area (TPSA) is 97.8 Å². The Morgan fingerprint density at radius 2 is 1.31 bits per heavy atom.